The van der Waals surface area contributed by atoms with Gasteiger partial charge in [-0.15, -0.1) is 0 Å². The quantitative estimate of drug-likeness (QED) is 0.515. The van der Waals surface area contributed by atoms with Gasteiger partial charge in [0.05, 0.1) is 17.6 Å². The lowest BCUT2D eigenvalue weighted by atomic mass is 10.2. The minimum atomic E-state index is -0.657. The van der Waals surface area contributed by atoms with Gasteiger partial charge in [-0.2, -0.15) is 0 Å². The summed E-state index contributed by atoms with van der Waals surface area (Å²) in [5, 5.41) is 2.90. The van der Waals surface area contributed by atoms with Crippen molar-refractivity contribution >= 4 is 28.7 Å². The van der Waals surface area contributed by atoms with E-state index in [1.54, 1.807) is 16.8 Å². The van der Waals surface area contributed by atoms with Crippen molar-refractivity contribution in [3.63, 3.8) is 0 Å². The predicted molar refractivity (Wildman–Crippen MR) is 113 cm³/mol. The molecular weight excluding hydrogens is 407 g/mol. The maximum atomic E-state index is 13.9. The van der Waals surface area contributed by atoms with Gasteiger partial charge in [-0.1, -0.05) is 41.9 Å². The van der Waals surface area contributed by atoms with Gasteiger partial charge in [0.1, 0.15) is 5.82 Å². The number of nitrogens with zero attached hydrogens (tertiary/aromatic N) is 3. The number of pyridine rings is 1. The molecule has 0 radical (unpaired) electrons. The number of carbonyl (C=O) groups excluding carboxylic acids is 1. The minimum absolute atomic E-state index is 0.131. The van der Waals surface area contributed by atoms with Crippen LogP contribution < -0.4 is 11.0 Å². The Bertz CT molecular complexity index is 1270. The van der Waals surface area contributed by atoms with Gasteiger partial charge in [0.2, 0.25) is 0 Å². The number of amides is 1. The zero-order chi connectivity index (χ0) is 21.1. The van der Waals surface area contributed by atoms with Gasteiger partial charge >= 0.3 is 5.69 Å². The van der Waals surface area contributed by atoms with Crippen molar-refractivity contribution in [1.29, 1.82) is 0 Å². The molecule has 2 aromatic heterocycles. The van der Waals surface area contributed by atoms with Crippen LogP contribution in [0.15, 0.2) is 71.7 Å². The Hall–Kier alpha value is -3.45. The first-order valence-electron chi connectivity index (χ1n) is 9.36. The second-order valence-electron chi connectivity index (χ2n) is 6.73. The van der Waals surface area contributed by atoms with Crippen LogP contribution in [0.1, 0.15) is 15.9 Å². The fraction of sp³-hybridized carbons (Fsp3) is 0.136. The van der Waals surface area contributed by atoms with Gasteiger partial charge < -0.3 is 5.32 Å². The minimum Gasteiger partial charge on any atom is -0.350 e. The first-order valence-corrected chi connectivity index (χ1v) is 9.73. The second kappa shape index (κ2) is 8.51. The van der Waals surface area contributed by atoms with E-state index in [9.17, 15) is 14.0 Å². The first kappa shape index (κ1) is 19.8. The number of hydrogen-bond acceptors (Lipinski definition) is 3. The van der Waals surface area contributed by atoms with Crippen molar-refractivity contribution in [2.45, 2.75) is 13.1 Å². The smallest absolute Gasteiger partial charge is 0.330 e. The van der Waals surface area contributed by atoms with Crippen molar-refractivity contribution in [1.82, 2.24) is 19.4 Å². The third kappa shape index (κ3) is 3.97. The Morgan fingerprint density at radius 3 is 2.67 bits per heavy atom. The van der Waals surface area contributed by atoms with E-state index >= 15 is 0 Å². The molecule has 1 N–H and O–H groups in total. The normalized spacial score (nSPS) is 11.0. The standard InChI is InChI=1S/C22H18ClFN4O2/c23-16-8-9-18(24)17(13-16)21(29)26-11-12-27-20-19(7-4-10-25-20)28(22(27)30)14-15-5-2-1-3-6-15/h1-10,13H,11-12,14H2,(H,26,29). The van der Waals surface area contributed by atoms with Crippen LogP contribution in [0.25, 0.3) is 11.2 Å². The molecule has 0 aliphatic carbocycles. The number of hydrogen-bond donors (Lipinski definition) is 1. The largest absolute Gasteiger partial charge is 0.350 e. The Morgan fingerprint density at radius 1 is 1.07 bits per heavy atom. The van der Waals surface area contributed by atoms with Crippen molar-refractivity contribution in [2.75, 3.05) is 6.54 Å². The maximum absolute atomic E-state index is 13.9. The number of rotatable bonds is 6. The van der Waals surface area contributed by atoms with Crippen LogP contribution in [-0.2, 0) is 13.1 Å². The fourth-order valence-corrected chi connectivity index (χ4v) is 3.49. The summed E-state index contributed by atoms with van der Waals surface area (Å²) in [5.41, 5.74) is 1.86. The number of fused-ring (bicyclic) bond motifs is 1. The molecule has 6 nitrogen and oxygen atoms in total. The Balaban J connectivity index is 1.56. The first-order chi connectivity index (χ1) is 14.5. The molecule has 2 heterocycles. The van der Waals surface area contributed by atoms with Crippen LogP contribution in [0.2, 0.25) is 5.02 Å². The highest BCUT2D eigenvalue weighted by molar-refractivity contribution is 6.31. The Labute approximate surface area is 176 Å². The van der Waals surface area contributed by atoms with E-state index in [1.807, 2.05) is 36.4 Å². The van der Waals surface area contributed by atoms with Gasteiger partial charge in [0, 0.05) is 24.3 Å². The third-order valence-corrected chi connectivity index (χ3v) is 4.99. The van der Waals surface area contributed by atoms with Crippen molar-refractivity contribution < 1.29 is 9.18 Å². The summed E-state index contributed by atoms with van der Waals surface area (Å²) < 4.78 is 17.0. The van der Waals surface area contributed by atoms with E-state index in [2.05, 4.69) is 10.3 Å². The highest BCUT2D eigenvalue weighted by atomic mass is 35.5. The molecule has 0 unspecified atom stereocenters. The van der Waals surface area contributed by atoms with Gasteiger partial charge in [0.15, 0.2) is 5.65 Å². The molecule has 0 saturated heterocycles. The van der Waals surface area contributed by atoms with E-state index in [0.29, 0.717) is 17.7 Å². The number of imidazole rings is 1. The molecule has 0 spiro atoms. The number of carbonyl (C=O) groups is 1. The molecule has 0 aliphatic rings. The van der Waals surface area contributed by atoms with Crippen LogP contribution >= 0.6 is 11.6 Å². The molecule has 152 valence electrons. The SMILES string of the molecule is O=C(NCCn1c(=O)n(Cc2ccccc2)c2cccnc21)c1cc(Cl)ccc1F. The number of aromatic nitrogens is 3. The Kier molecular flexibility index (Phi) is 5.63. The summed E-state index contributed by atoms with van der Waals surface area (Å²) in [6.07, 6.45) is 1.62. The highest BCUT2D eigenvalue weighted by Crippen LogP contribution is 2.15. The Morgan fingerprint density at radius 2 is 1.87 bits per heavy atom. The average Bonchev–Trinajstić information content (AvgIpc) is 3.02. The van der Waals surface area contributed by atoms with Gasteiger partial charge in [0.25, 0.3) is 5.91 Å². The average molecular weight is 425 g/mol. The molecule has 0 fully saturated rings. The summed E-state index contributed by atoms with van der Waals surface area (Å²) in [7, 11) is 0. The van der Waals surface area contributed by atoms with Crippen molar-refractivity contribution in [2.24, 2.45) is 0 Å². The molecule has 8 heteroatoms. The summed E-state index contributed by atoms with van der Waals surface area (Å²) in [5.74, 6) is -1.25. The van der Waals surface area contributed by atoms with Crippen LogP contribution in [0.4, 0.5) is 4.39 Å². The zero-order valence-electron chi connectivity index (χ0n) is 15.9. The van der Waals surface area contributed by atoms with E-state index in [1.165, 1.54) is 16.7 Å². The van der Waals surface area contributed by atoms with Gasteiger partial charge in [-0.05, 0) is 35.9 Å². The van der Waals surface area contributed by atoms with Crippen LogP contribution in [0, 0.1) is 5.82 Å². The van der Waals surface area contributed by atoms with Crippen molar-refractivity contribution in [3.8, 4) is 0 Å². The molecule has 30 heavy (non-hydrogen) atoms. The molecule has 1 amide bonds. The molecule has 4 aromatic rings. The zero-order valence-corrected chi connectivity index (χ0v) is 16.6. The van der Waals surface area contributed by atoms with E-state index in [0.717, 1.165) is 11.6 Å². The molecule has 0 aliphatic heterocycles. The fourth-order valence-electron chi connectivity index (χ4n) is 3.31. The molecule has 0 atom stereocenters. The summed E-state index contributed by atoms with van der Waals surface area (Å²) >= 11 is 5.84. The third-order valence-electron chi connectivity index (χ3n) is 4.75. The monoisotopic (exact) mass is 424 g/mol. The van der Waals surface area contributed by atoms with Crippen LogP contribution in [-0.4, -0.2) is 26.6 Å². The highest BCUT2D eigenvalue weighted by Gasteiger charge is 2.16. The second-order valence-corrected chi connectivity index (χ2v) is 7.17. The van der Waals surface area contributed by atoms with Crippen LogP contribution in [0.3, 0.4) is 0 Å². The van der Waals surface area contributed by atoms with Gasteiger partial charge in [-0.3, -0.25) is 13.9 Å². The van der Waals surface area contributed by atoms with E-state index in [4.69, 9.17) is 11.6 Å². The molecule has 2 aromatic carbocycles. The number of halogens is 2. The van der Waals surface area contributed by atoms with E-state index in [-0.39, 0.29) is 29.4 Å². The van der Waals surface area contributed by atoms with Crippen LogP contribution in [0.5, 0.6) is 0 Å². The van der Waals surface area contributed by atoms with Gasteiger partial charge in [-0.25, -0.2) is 14.2 Å². The molecule has 0 saturated carbocycles. The number of benzene rings is 2. The molecule has 0 bridgehead atoms. The van der Waals surface area contributed by atoms with Crippen molar-refractivity contribution in [3.05, 3.63) is 99.3 Å². The van der Waals surface area contributed by atoms with E-state index < -0.39 is 11.7 Å². The molecule has 4 rings (SSSR count). The topological polar surface area (TPSA) is 68.9 Å². The summed E-state index contributed by atoms with van der Waals surface area (Å²) in [4.78, 5) is 29.7. The lowest BCUT2D eigenvalue weighted by Crippen LogP contribution is -2.32. The lowest BCUT2D eigenvalue weighted by molar-refractivity contribution is 0.0948. The summed E-state index contributed by atoms with van der Waals surface area (Å²) in [6.45, 7) is 0.739. The lowest BCUT2D eigenvalue weighted by Gasteiger charge is -2.07. The number of nitrogens with one attached hydrogen (secondary N) is 1. The summed E-state index contributed by atoms with van der Waals surface area (Å²) in [6, 6.07) is 17.1. The molecular formula is C22H18ClFN4O2. The maximum Gasteiger partial charge on any atom is 0.330 e. The predicted octanol–water partition coefficient (Wildman–Crippen LogP) is 3.47.